The van der Waals surface area contributed by atoms with E-state index in [1.54, 1.807) is 0 Å². The molecule has 0 radical (unpaired) electrons. The molecule has 4 aliphatic carbocycles. The van der Waals surface area contributed by atoms with E-state index in [1.807, 2.05) is 13.0 Å². The van der Waals surface area contributed by atoms with Gasteiger partial charge in [-0.05, 0) is 104 Å². The van der Waals surface area contributed by atoms with Gasteiger partial charge in [0.05, 0.1) is 0 Å². The summed E-state index contributed by atoms with van der Waals surface area (Å²) in [7, 11) is 0. The highest BCUT2D eigenvalue weighted by atomic mass is 16.1. The van der Waals surface area contributed by atoms with Crippen molar-refractivity contribution in [3.8, 4) is 0 Å². The van der Waals surface area contributed by atoms with Gasteiger partial charge in [0.1, 0.15) is 5.78 Å². The van der Waals surface area contributed by atoms with Crippen molar-refractivity contribution < 1.29 is 9.59 Å². The van der Waals surface area contributed by atoms with Gasteiger partial charge in [-0.3, -0.25) is 9.59 Å². The number of allylic oxidation sites excluding steroid dienone is 4. The van der Waals surface area contributed by atoms with Crippen LogP contribution in [0.5, 0.6) is 0 Å². The zero-order chi connectivity index (χ0) is 21.6. The summed E-state index contributed by atoms with van der Waals surface area (Å²) in [6.07, 6.45) is 16.4. The Morgan fingerprint density at radius 2 is 1.87 bits per heavy atom. The lowest BCUT2D eigenvalue weighted by molar-refractivity contribution is -0.128. The third-order valence-corrected chi connectivity index (χ3v) is 9.67. The van der Waals surface area contributed by atoms with Gasteiger partial charge >= 0.3 is 0 Å². The van der Waals surface area contributed by atoms with Gasteiger partial charge in [-0.2, -0.15) is 0 Å². The van der Waals surface area contributed by atoms with Crippen molar-refractivity contribution in [3.05, 3.63) is 59.7 Å². The van der Waals surface area contributed by atoms with Gasteiger partial charge < -0.3 is 0 Å². The van der Waals surface area contributed by atoms with Gasteiger partial charge in [0, 0.05) is 12.3 Å². The standard InChI is InChI=1S/C29H36O2/c1-20(30)25-12-13-27-24-11-10-22-19-23(31)14-17-28(22,2)26(24)15-18-29(25,27)16-6-9-21-7-4-3-5-8-21/h3-5,7-8,10-11,19,24-27H,6,9,12-18H2,1-2H3/t24-,25-,26+,27+,28+,29-/m1/s1. The molecule has 1 aromatic carbocycles. The molecule has 0 aromatic heterocycles. The van der Waals surface area contributed by atoms with Crippen molar-refractivity contribution in [2.45, 2.75) is 71.6 Å². The van der Waals surface area contributed by atoms with E-state index in [4.69, 9.17) is 0 Å². The van der Waals surface area contributed by atoms with Crippen LogP contribution in [-0.4, -0.2) is 11.6 Å². The van der Waals surface area contributed by atoms with Crippen molar-refractivity contribution in [2.75, 3.05) is 0 Å². The third kappa shape index (κ3) is 3.38. The number of Topliss-reactive ketones (excluding diaryl/α,β-unsaturated/α-hetero) is 1. The van der Waals surface area contributed by atoms with E-state index >= 15 is 0 Å². The Bertz CT molecular complexity index is 925. The molecule has 0 N–H and O–H groups in total. The minimum Gasteiger partial charge on any atom is -0.300 e. The van der Waals surface area contributed by atoms with Crippen LogP contribution in [0.4, 0.5) is 0 Å². The molecule has 2 nitrogen and oxygen atoms in total. The number of aryl methyl sites for hydroxylation is 1. The van der Waals surface area contributed by atoms with E-state index in [0.29, 0.717) is 35.7 Å². The van der Waals surface area contributed by atoms with Crippen molar-refractivity contribution in [3.63, 3.8) is 0 Å². The fourth-order valence-electron chi connectivity index (χ4n) is 8.17. The number of carbonyl (C=O) groups excluding carboxylic acids is 2. The van der Waals surface area contributed by atoms with Crippen LogP contribution >= 0.6 is 0 Å². The summed E-state index contributed by atoms with van der Waals surface area (Å²) in [5, 5.41) is 0. The summed E-state index contributed by atoms with van der Waals surface area (Å²) in [4.78, 5) is 24.8. The summed E-state index contributed by atoms with van der Waals surface area (Å²) in [5.74, 6) is 2.73. The van der Waals surface area contributed by atoms with E-state index in [9.17, 15) is 9.59 Å². The summed E-state index contributed by atoms with van der Waals surface area (Å²) < 4.78 is 0. The van der Waals surface area contributed by atoms with Gasteiger partial charge in [0.2, 0.25) is 0 Å². The second-order valence-electron chi connectivity index (χ2n) is 11.0. The molecule has 164 valence electrons. The van der Waals surface area contributed by atoms with Crippen molar-refractivity contribution in [1.29, 1.82) is 0 Å². The van der Waals surface area contributed by atoms with Crippen molar-refractivity contribution >= 4 is 11.6 Å². The smallest absolute Gasteiger partial charge is 0.156 e. The highest BCUT2D eigenvalue weighted by Gasteiger charge is 2.60. The van der Waals surface area contributed by atoms with Crippen LogP contribution in [-0.2, 0) is 16.0 Å². The predicted octanol–water partition coefficient (Wildman–Crippen LogP) is 6.50. The fraction of sp³-hybridized carbons (Fsp3) is 0.586. The number of fused-ring (bicyclic) bond motifs is 5. The lowest BCUT2D eigenvalue weighted by Crippen LogP contribution is -2.50. The van der Waals surface area contributed by atoms with E-state index in [-0.39, 0.29) is 16.7 Å². The number of benzene rings is 1. The molecular formula is C29H36O2. The molecule has 0 saturated heterocycles. The summed E-state index contributed by atoms with van der Waals surface area (Å²) >= 11 is 0. The first-order valence-corrected chi connectivity index (χ1v) is 12.4. The van der Waals surface area contributed by atoms with Crippen LogP contribution < -0.4 is 0 Å². The maximum Gasteiger partial charge on any atom is 0.156 e. The molecule has 2 fully saturated rings. The first-order valence-electron chi connectivity index (χ1n) is 12.4. The number of rotatable bonds is 5. The highest BCUT2D eigenvalue weighted by Crippen LogP contribution is 2.66. The highest BCUT2D eigenvalue weighted by molar-refractivity contribution is 5.92. The number of hydrogen-bond acceptors (Lipinski definition) is 2. The molecule has 0 amide bonds. The molecule has 0 bridgehead atoms. The Hall–Kier alpha value is -1.96. The van der Waals surface area contributed by atoms with Crippen LogP contribution in [0.15, 0.2) is 54.1 Å². The second kappa shape index (κ2) is 7.87. The lowest BCUT2D eigenvalue weighted by Gasteiger charge is -2.57. The maximum atomic E-state index is 12.8. The Morgan fingerprint density at radius 3 is 2.65 bits per heavy atom. The van der Waals surface area contributed by atoms with E-state index in [2.05, 4.69) is 49.4 Å². The maximum absolute atomic E-state index is 12.8. The summed E-state index contributed by atoms with van der Waals surface area (Å²) in [6.45, 7) is 4.25. The van der Waals surface area contributed by atoms with Gasteiger partial charge in [-0.15, -0.1) is 0 Å². The van der Waals surface area contributed by atoms with Gasteiger partial charge in [-0.25, -0.2) is 0 Å². The Kier molecular flexibility index (Phi) is 5.31. The van der Waals surface area contributed by atoms with Gasteiger partial charge in [-0.1, -0.05) is 49.4 Å². The van der Waals surface area contributed by atoms with Crippen LogP contribution in [0, 0.1) is 34.5 Å². The molecule has 2 heteroatoms. The second-order valence-corrected chi connectivity index (χ2v) is 11.0. The van der Waals surface area contributed by atoms with Gasteiger partial charge in [0.15, 0.2) is 5.78 Å². The Balaban J connectivity index is 1.43. The SMILES string of the molecule is CC(=O)[C@H]1CC[C@H]2[C@@H]3C=CC4=CC(=O)CC[C@]4(C)[C@H]3CC[C@]12CCCc1ccccc1. The zero-order valence-electron chi connectivity index (χ0n) is 19.1. The molecule has 31 heavy (non-hydrogen) atoms. The number of carbonyl (C=O) groups is 2. The molecular weight excluding hydrogens is 380 g/mol. The molecule has 5 rings (SSSR count). The molecule has 0 spiro atoms. The lowest BCUT2D eigenvalue weighted by atomic mass is 9.47. The fourth-order valence-corrected chi connectivity index (χ4v) is 8.17. The molecule has 4 aliphatic rings. The molecule has 6 atom stereocenters. The van der Waals surface area contributed by atoms with Crippen LogP contribution in [0.1, 0.15) is 70.8 Å². The quantitative estimate of drug-likeness (QED) is 0.549. The third-order valence-electron chi connectivity index (χ3n) is 9.67. The topological polar surface area (TPSA) is 34.1 Å². The molecule has 0 unspecified atom stereocenters. The zero-order valence-corrected chi connectivity index (χ0v) is 19.1. The normalized spacial score (nSPS) is 38.8. The van der Waals surface area contributed by atoms with E-state index in [0.717, 1.165) is 19.3 Å². The number of ketones is 2. The first kappa shape index (κ1) is 20.9. The minimum atomic E-state index is 0.137. The first-order chi connectivity index (χ1) is 14.9. The molecule has 0 aliphatic heterocycles. The van der Waals surface area contributed by atoms with Crippen molar-refractivity contribution in [1.82, 2.24) is 0 Å². The average Bonchev–Trinajstić information content (AvgIpc) is 3.15. The Morgan fingerprint density at radius 1 is 1.06 bits per heavy atom. The molecule has 1 aromatic rings. The molecule has 2 saturated carbocycles. The van der Waals surface area contributed by atoms with E-state index in [1.165, 1.54) is 43.2 Å². The summed E-state index contributed by atoms with van der Waals surface area (Å²) in [5.41, 5.74) is 2.99. The predicted molar refractivity (Wildman–Crippen MR) is 124 cm³/mol. The molecule has 0 heterocycles. The van der Waals surface area contributed by atoms with Crippen LogP contribution in [0.3, 0.4) is 0 Å². The summed E-state index contributed by atoms with van der Waals surface area (Å²) in [6, 6.07) is 10.8. The van der Waals surface area contributed by atoms with Crippen LogP contribution in [0.2, 0.25) is 0 Å². The van der Waals surface area contributed by atoms with E-state index < -0.39 is 0 Å². The average molecular weight is 417 g/mol. The van der Waals surface area contributed by atoms with Gasteiger partial charge in [0.25, 0.3) is 0 Å². The Labute approximate surface area is 187 Å². The largest absolute Gasteiger partial charge is 0.300 e. The minimum absolute atomic E-state index is 0.137. The van der Waals surface area contributed by atoms with Crippen molar-refractivity contribution in [2.24, 2.45) is 34.5 Å². The van der Waals surface area contributed by atoms with Crippen LogP contribution in [0.25, 0.3) is 0 Å². The monoisotopic (exact) mass is 416 g/mol. The number of hydrogen-bond donors (Lipinski definition) is 0.